The molecule has 0 bridgehead atoms. The summed E-state index contributed by atoms with van der Waals surface area (Å²) in [6.07, 6.45) is 0. The topological polar surface area (TPSA) is 18.5 Å². The van der Waals surface area contributed by atoms with Crippen molar-refractivity contribution in [3.8, 4) is 0 Å². The van der Waals surface area contributed by atoms with Crippen LogP contribution in [0.4, 0.5) is 4.39 Å². The van der Waals surface area contributed by atoms with Gasteiger partial charge in [0, 0.05) is 51.9 Å². The number of nitrogens with one attached hydrogen (secondary N) is 1. The van der Waals surface area contributed by atoms with E-state index in [2.05, 4.69) is 31.0 Å². The van der Waals surface area contributed by atoms with Crippen LogP contribution in [-0.2, 0) is 6.54 Å². The van der Waals surface area contributed by atoms with E-state index in [1.54, 1.807) is 0 Å². The number of nitrogens with zero attached hydrogens (tertiary/aromatic N) is 2. The minimum atomic E-state index is -0.189. The summed E-state index contributed by atoms with van der Waals surface area (Å²) in [6, 6.07) is 6.05. The Morgan fingerprint density at radius 3 is 2.53 bits per heavy atom. The lowest BCUT2D eigenvalue weighted by Gasteiger charge is -2.43. The van der Waals surface area contributed by atoms with Crippen molar-refractivity contribution < 1.29 is 4.39 Å². The van der Waals surface area contributed by atoms with Crippen LogP contribution in [0.1, 0.15) is 5.56 Å². The molecule has 1 aromatic rings. The van der Waals surface area contributed by atoms with Crippen molar-refractivity contribution in [1.82, 2.24) is 15.1 Å². The summed E-state index contributed by atoms with van der Waals surface area (Å²) in [7, 11) is 0. The average Bonchev–Trinajstić information content (AvgIpc) is 2.34. The van der Waals surface area contributed by atoms with Crippen LogP contribution >= 0.6 is 15.9 Å². The van der Waals surface area contributed by atoms with Gasteiger partial charge in [0.05, 0.1) is 4.47 Å². The molecule has 19 heavy (non-hydrogen) atoms. The Labute approximate surface area is 121 Å². The molecule has 0 radical (unpaired) electrons. The largest absolute Gasteiger partial charge is 0.314 e. The van der Waals surface area contributed by atoms with Crippen LogP contribution in [0.5, 0.6) is 0 Å². The average molecular weight is 328 g/mol. The molecule has 3 nitrogen and oxygen atoms in total. The van der Waals surface area contributed by atoms with Gasteiger partial charge in [0.2, 0.25) is 0 Å². The SMILES string of the molecule is Fc1ccc(CN2CCN(C3CNC3)CC2)cc1Br. The lowest BCUT2D eigenvalue weighted by molar-refractivity contribution is 0.0695. The summed E-state index contributed by atoms with van der Waals surface area (Å²) < 4.78 is 13.7. The molecule has 0 aliphatic carbocycles. The van der Waals surface area contributed by atoms with E-state index >= 15 is 0 Å². The minimum absolute atomic E-state index is 0.189. The molecule has 2 aliphatic rings. The quantitative estimate of drug-likeness (QED) is 0.911. The highest BCUT2D eigenvalue weighted by Crippen LogP contribution is 2.19. The molecule has 0 saturated carbocycles. The zero-order valence-corrected chi connectivity index (χ0v) is 12.5. The Balaban J connectivity index is 1.52. The Morgan fingerprint density at radius 1 is 1.21 bits per heavy atom. The number of halogens is 2. The molecule has 0 atom stereocenters. The van der Waals surface area contributed by atoms with E-state index in [1.807, 2.05) is 12.1 Å². The van der Waals surface area contributed by atoms with Gasteiger partial charge in [0.1, 0.15) is 5.82 Å². The normalized spacial score (nSPS) is 22.4. The van der Waals surface area contributed by atoms with Crippen molar-refractivity contribution in [1.29, 1.82) is 0 Å². The van der Waals surface area contributed by atoms with Crippen LogP contribution in [0, 0.1) is 5.82 Å². The van der Waals surface area contributed by atoms with Gasteiger partial charge in [-0.25, -0.2) is 4.39 Å². The third-order valence-corrected chi connectivity index (χ3v) is 4.68. The van der Waals surface area contributed by atoms with Gasteiger partial charge in [-0.05, 0) is 33.6 Å². The molecule has 0 amide bonds. The third kappa shape index (κ3) is 3.16. The van der Waals surface area contributed by atoms with Crippen LogP contribution in [0.2, 0.25) is 0 Å². The predicted octanol–water partition coefficient (Wildman–Crippen LogP) is 1.68. The van der Waals surface area contributed by atoms with Crippen LogP contribution in [-0.4, -0.2) is 55.1 Å². The number of hydrogen-bond acceptors (Lipinski definition) is 3. The van der Waals surface area contributed by atoms with Crippen molar-refractivity contribution in [2.45, 2.75) is 12.6 Å². The summed E-state index contributed by atoms with van der Waals surface area (Å²) in [5.41, 5.74) is 1.17. The van der Waals surface area contributed by atoms with Crippen LogP contribution in [0.3, 0.4) is 0 Å². The van der Waals surface area contributed by atoms with E-state index < -0.39 is 0 Å². The summed E-state index contributed by atoms with van der Waals surface area (Å²) in [5.74, 6) is -0.189. The fourth-order valence-electron chi connectivity index (χ4n) is 2.71. The van der Waals surface area contributed by atoms with Crippen molar-refractivity contribution in [3.05, 3.63) is 34.1 Å². The molecular formula is C14H19BrFN3. The lowest BCUT2D eigenvalue weighted by Crippen LogP contribution is -2.61. The van der Waals surface area contributed by atoms with Crippen molar-refractivity contribution in [2.75, 3.05) is 39.3 Å². The Bertz CT molecular complexity index is 442. The highest BCUT2D eigenvalue weighted by Gasteiger charge is 2.27. The summed E-state index contributed by atoms with van der Waals surface area (Å²) in [4.78, 5) is 5.02. The third-order valence-electron chi connectivity index (χ3n) is 4.07. The molecule has 0 spiro atoms. The fourth-order valence-corrected chi connectivity index (χ4v) is 3.14. The first-order valence-electron chi connectivity index (χ1n) is 6.83. The molecule has 0 aromatic heterocycles. The molecule has 5 heteroatoms. The Hall–Kier alpha value is -0.490. The van der Waals surface area contributed by atoms with E-state index in [1.165, 1.54) is 11.6 Å². The van der Waals surface area contributed by atoms with E-state index in [0.717, 1.165) is 51.9 Å². The van der Waals surface area contributed by atoms with Gasteiger partial charge >= 0.3 is 0 Å². The monoisotopic (exact) mass is 327 g/mol. The maximum atomic E-state index is 13.2. The van der Waals surface area contributed by atoms with Gasteiger partial charge in [-0.1, -0.05) is 6.07 Å². The number of piperazine rings is 1. The summed E-state index contributed by atoms with van der Waals surface area (Å²) >= 11 is 3.25. The maximum absolute atomic E-state index is 13.2. The predicted molar refractivity (Wildman–Crippen MR) is 77.6 cm³/mol. The number of hydrogen-bond donors (Lipinski definition) is 1. The Morgan fingerprint density at radius 2 is 1.95 bits per heavy atom. The van der Waals surface area contributed by atoms with Gasteiger partial charge < -0.3 is 5.32 Å². The fraction of sp³-hybridized carbons (Fsp3) is 0.571. The highest BCUT2D eigenvalue weighted by atomic mass is 79.9. The van der Waals surface area contributed by atoms with Gasteiger partial charge in [0.15, 0.2) is 0 Å². The Kier molecular flexibility index (Phi) is 4.17. The smallest absolute Gasteiger partial charge is 0.137 e. The van der Waals surface area contributed by atoms with Crippen molar-refractivity contribution in [3.63, 3.8) is 0 Å². The van der Waals surface area contributed by atoms with E-state index in [9.17, 15) is 4.39 Å². The lowest BCUT2D eigenvalue weighted by atomic mass is 10.1. The number of benzene rings is 1. The van der Waals surface area contributed by atoms with Crippen molar-refractivity contribution in [2.24, 2.45) is 0 Å². The van der Waals surface area contributed by atoms with Gasteiger partial charge in [-0.3, -0.25) is 9.80 Å². The molecule has 0 unspecified atom stereocenters. The van der Waals surface area contributed by atoms with Gasteiger partial charge in [-0.15, -0.1) is 0 Å². The first-order chi connectivity index (χ1) is 9.22. The first kappa shape index (κ1) is 13.5. The second kappa shape index (κ2) is 5.87. The minimum Gasteiger partial charge on any atom is -0.314 e. The van der Waals surface area contributed by atoms with Crippen LogP contribution in [0.25, 0.3) is 0 Å². The summed E-state index contributed by atoms with van der Waals surface area (Å²) in [6.45, 7) is 7.70. The first-order valence-corrected chi connectivity index (χ1v) is 7.63. The van der Waals surface area contributed by atoms with E-state index in [-0.39, 0.29) is 5.82 Å². The number of rotatable bonds is 3. The molecule has 2 heterocycles. The molecule has 2 fully saturated rings. The molecule has 104 valence electrons. The maximum Gasteiger partial charge on any atom is 0.137 e. The molecule has 2 aliphatic heterocycles. The second-order valence-electron chi connectivity index (χ2n) is 5.37. The highest BCUT2D eigenvalue weighted by molar-refractivity contribution is 9.10. The van der Waals surface area contributed by atoms with E-state index in [4.69, 9.17) is 0 Å². The van der Waals surface area contributed by atoms with Gasteiger partial charge in [-0.2, -0.15) is 0 Å². The zero-order valence-electron chi connectivity index (χ0n) is 10.9. The van der Waals surface area contributed by atoms with Gasteiger partial charge in [0.25, 0.3) is 0 Å². The second-order valence-corrected chi connectivity index (χ2v) is 6.23. The van der Waals surface area contributed by atoms with Crippen LogP contribution in [0.15, 0.2) is 22.7 Å². The van der Waals surface area contributed by atoms with Crippen LogP contribution < -0.4 is 5.32 Å². The molecule has 1 aromatic carbocycles. The molecular weight excluding hydrogens is 309 g/mol. The van der Waals surface area contributed by atoms with E-state index in [0.29, 0.717) is 4.47 Å². The molecule has 1 N–H and O–H groups in total. The molecule has 2 saturated heterocycles. The zero-order chi connectivity index (χ0) is 13.2. The summed E-state index contributed by atoms with van der Waals surface area (Å²) in [5, 5.41) is 3.33. The standard InChI is InChI=1S/C14H19BrFN3/c15-13-7-11(1-2-14(13)16)10-18-3-5-19(6-4-18)12-8-17-9-12/h1-2,7,12,17H,3-6,8-10H2. The molecule has 3 rings (SSSR count). The van der Waals surface area contributed by atoms with Crippen molar-refractivity contribution >= 4 is 15.9 Å².